The van der Waals surface area contributed by atoms with Crippen molar-refractivity contribution in [1.29, 1.82) is 0 Å². The molecule has 0 aliphatic carbocycles. The van der Waals surface area contributed by atoms with Crippen molar-refractivity contribution in [2.45, 2.75) is 32.4 Å². The molecule has 29 heavy (non-hydrogen) atoms. The Hall–Kier alpha value is -2.96. The summed E-state index contributed by atoms with van der Waals surface area (Å²) >= 11 is 0. The van der Waals surface area contributed by atoms with Crippen LogP contribution in [0.5, 0.6) is 11.5 Å². The van der Waals surface area contributed by atoms with Gasteiger partial charge in [0.1, 0.15) is 12.4 Å². The summed E-state index contributed by atoms with van der Waals surface area (Å²) in [5.74, 6) is 2.49. The van der Waals surface area contributed by atoms with Crippen LogP contribution in [0.4, 0.5) is 10.6 Å². The van der Waals surface area contributed by atoms with E-state index in [4.69, 9.17) is 9.47 Å². The van der Waals surface area contributed by atoms with Crippen molar-refractivity contribution < 1.29 is 14.3 Å². The number of pyridine rings is 1. The average molecular weight is 396 g/mol. The highest BCUT2D eigenvalue weighted by molar-refractivity contribution is 5.74. The summed E-state index contributed by atoms with van der Waals surface area (Å²) in [4.78, 5) is 21.2. The number of nitrogens with zero attached hydrogens (tertiary/aromatic N) is 3. The molecular formula is C22H28N4O3. The first kappa shape index (κ1) is 19.4. The van der Waals surface area contributed by atoms with Gasteiger partial charge in [0.15, 0.2) is 17.6 Å². The van der Waals surface area contributed by atoms with Crippen LogP contribution >= 0.6 is 0 Å². The number of nitrogens with one attached hydrogen (secondary N) is 1. The molecule has 1 aromatic carbocycles. The third-order valence-electron chi connectivity index (χ3n) is 5.34. The van der Waals surface area contributed by atoms with Gasteiger partial charge in [0.2, 0.25) is 0 Å². The predicted molar refractivity (Wildman–Crippen MR) is 112 cm³/mol. The van der Waals surface area contributed by atoms with Crippen LogP contribution in [0.3, 0.4) is 0 Å². The molecule has 2 aromatic rings. The molecule has 154 valence electrons. The number of carbonyl (C=O) groups is 1. The van der Waals surface area contributed by atoms with Crippen LogP contribution < -0.4 is 19.7 Å². The number of fused-ring (bicyclic) bond motifs is 1. The number of amides is 2. The summed E-state index contributed by atoms with van der Waals surface area (Å²) in [6.07, 6.45) is 4.12. The first-order valence-electron chi connectivity index (χ1n) is 10.3. The SMILES string of the molecule is CCN(CC1COc2ccccc2O1)C(=O)NCc1ccc(N2CCCC2)nc1. The number of aromatic nitrogens is 1. The highest BCUT2D eigenvalue weighted by Gasteiger charge is 2.24. The highest BCUT2D eigenvalue weighted by Crippen LogP contribution is 2.31. The van der Waals surface area contributed by atoms with Crippen molar-refractivity contribution in [3.8, 4) is 11.5 Å². The van der Waals surface area contributed by atoms with Crippen LogP contribution in [0.25, 0.3) is 0 Å². The smallest absolute Gasteiger partial charge is 0.317 e. The zero-order valence-electron chi connectivity index (χ0n) is 16.8. The van der Waals surface area contributed by atoms with E-state index < -0.39 is 0 Å². The van der Waals surface area contributed by atoms with Gasteiger partial charge in [-0.05, 0) is 43.5 Å². The Morgan fingerprint density at radius 2 is 2.00 bits per heavy atom. The Balaban J connectivity index is 1.28. The second-order valence-corrected chi connectivity index (χ2v) is 7.41. The number of hydrogen-bond donors (Lipinski definition) is 1. The number of rotatable bonds is 6. The van der Waals surface area contributed by atoms with Gasteiger partial charge in [-0.1, -0.05) is 18.2 Å². The molecule has 2 amide bonds. The lowest BCUT2D eigenvalue weighted by molar-refractivity contribution is 0.0675. The lowest BCUT2D eigenvalue weighted by Gasteiger charge is -2.31. The molecule has 1 unspecified atom stereocenters. The molecule has 1 saturated heterocycles. The molecule has 0 radical (unpaired) electrons. The van der Waals surface area contributed by atoms with Crippen LogP contribution in [-0.2, 0) is 6.54 Å². The van der Waals surface area contributed by atoms with Gasteiger partial charge in [-0.25, -0.2) is 9.78 Å². The van der Waals surface area contributed by atoms with Crippen LogP contribution in [0.1, 0.15) is 25.3 Å². The zero-order valence-corrected chi connectivity index (χ0v) is 16.8. The third-order valence-corrected chi connectivity index (χ3v) is 5.34. The minimum atomic E-state index is -0.183. The number of hydrogen-bond acceptors (Lipinski definition) is 5. The number of urea groups is 1. The Labute approximate surface area is 171 Å². The van der Waals surface area contributed by atoms with E-state index in [2.05, 4.69) is 15.2 Å². The van der Waals surface area contributed by atoms with Crippen molar-refractivity contribution in [3.63, 3.8) is 0 Å². The number of ether oxygens (including phenoxy) is 2. The molecule has 7 heteroatoms. The van der Waals surface area contributed by atoms with Gasteiger partial charge in [-0.15, -0.1) is 0 Å². The lowest BCUT2D eigenvalue weighted by Crippen LogP contribution is -2.47. The van der Waals surface area contributed by atoms with Crippen LogP contribution in [0, 0.1) is 0 Å². The summed E-state index contributed by atoms with van der Waals surface area (Å²) in [7, 11) is 0. The van der Waals surface area contributed by atoms with Gasteiger partial charge in [-0.3, -0.25) is 0 Å². The monoisotopic (exact) mass is 396 g/mol. The molecule has 0 spiro atoms. The van der Waals surface area contributed by atoms with Crippen molar-refractivity contribution in [2.75, 3.05) is 37.7 Å². The van der Waals surface area contributed by atoms with Crippen molar-refractivity contribution in [3.05, 3.63) is 48.2 Å². The summed E-state index contributed by atoms with van der Waals surface area (Å²) < 4.78 is 11.7. The van der Waals surface area contributed by atoms with E-state index in [-0.39, 0.29) is 12.1 Å². The van der Waals surface area contributed by atoms with E-state index in [1.165, 1.54) is 12.8 Å². The van der Waals surface area contributed by atoms with E-state index in [0.717, 1.165) is 36.0 Å². The Morgan fingerprint density at radius 1 is 1.21 bits per heavy atom. The fourth-order valence-corrected chi connectivity index (χ4v) is 3.70. The number of para-hydroxylation sites is 2. The summed E-state index contributed by atoms with van der Waals surface area (Å²) in [5, 5.41) is 2.98. The first-order valence-corrected chi connectivity index (χ1v) is 10.3. The molecule has 2 aliphatic rings. The van der Waals surface area contributed by atoms with E-state index >= 15 is 0 Å². The van der Waals surface area contributed by atoms with Gasteiger partial charge < -0.3 is 24.6 Å². The molecule has 0 saturated carbocycles. The lowest BCUT2D eigenvalue weighted by atomic mass is 10.2. The van der Waals surface area contributed by atoms with Gasteiger partial charge in [0.25, 0.3) is 0 Å². The molecule has 2 aliphatic heterocycles. The maximum Gasteiger partial charge on any atom is 0.317 e. The summed E-state index contributed by atoms with van der Waals surface area (Å²) in [6, 6.07) is 11.6. The second-order valence-electron chi connectivity index (χ2n) is 7.41. The van der Waals surface area contributed by atoms with E-state index in [9.17, 15) is 4.79 Å². The number of anilines is 1. The van der Waals surface area contributed by atoms with Crippen LogP contribution in [-0.4, -0.2) is 54.8 Å². The van der Waals surface area contributed by atoms with Gasteiger partial charge in [-0.2, -0.15) is 0 Å². The highest BCUT2D eigenvalue weighted by atomic mass is 16.6. The van der Waals surface area contributed by atoms with Crippen LogP contribution in [0.15, 0.2) is 42.6 Å². The van der Waals surface area contributed by atoms with Gasteiger partial charge in [0, 0.05) is 32.4 Å². The van der Waals surface area contributed by atoms with E-state index in [0.29, 0.717) is 26.2 Å². The molecule has 1 N–H and O–H groups in total. The molecule has 1 atom stereocenters. The molecule has 4 rings (SSSR count). The largest absolute Gasteiger partial charge is 0.486 e. The fraction of sp³-hybridized carbons (Fsp3) is 0.455. The molecule has 7 nitrogen and oxygen atoms in total. The Morgan fingerprint density at radius 3 is 2.72 bits per heavy atom. The molecular weight excluding hydrogens is 368 g/mol. The zero-order chi connectivity index (χ0) is 20.1. The topological polar surface area (TPSA) is 66.9 Å². The molecule has 3 heterocycles. The van der Waals surface area contributed by atoms with Crippen molar-refractivity contribution >= 4 is 11.8 Å². The predicted octanol–water partition coefficient (Wildman–Crippen LogP) is 3.05. The number of likely N-dealkylation sites (N-methyl/N-ethyl adjacent to an activating group) is 1. The summed E-state index contributed by atoms with van der Waals surface area (Å²) in [6.45, 7) is 6.07. The average Bonchev–Trinajstić information content (AvgIpc) is 3.31. The Kier molecular flexibility index (Phi) is 6.03. The molecule has 1 fully saturated rings. The first-order chi connectivity index (χ1) is 14.2. The minimum Gasteiger partial charge on any atom is -0.486 e. The number of benzene rings is 1. The standard InChI is InChI=1S/C22H28N4O3/c1-2-25(15-18-16-28-19-7-3-4-8-20(19)29-18)22(27)24-14-17-9-10-21(23-13-17)26-11-5-6-12-26/h3-4,7-10,13,18H,2,5-6,11-12,14-16H2,1H3,(H,24,27). The van der Waals surface area contributed by atoms with Gasteiger partial charge >= 0.3 is 6.03 Å². The van der Waals surface area contributed by atoms with Crippen molar-refractivity contribution in [1.82, 2.24) is 15.2 Å². The quantitative estimate of drug-likeness (QED) is 0.813. The normalized spacial score (nSPS) is 17.8. The van der Waals surface area contributed by atoms with Crippen LogP contribution in [0.2, 0.25) is 0 Å². The maximum absolute atomic E-state index is 12.6. The van der Waals surface area contributed by atoms with E-state index in [1.807, 2.05) is 49.5 Å². The summed E-state index contributed by atoms with van der Waals surface area (Å²) in [5.41, 5.74) is 0.989. The minimum absolute atomic E-state index is 0.112. The molecule has 0 bridgehead atoms. The molecule has 1 aromatic heterocycles. The van der Waals surface area contributed by atoms with E-state index in [1.54, 1.807) is 4.90 Å². The van der Waals surface area contributed by atoms with Crippen molar-refractivity contribution in [2.24, 2.45) is 0 Å². The third kappa shape index (κ3) is 4.72. The fourth-order valence-electron chi connectivity index (χ4n) is 3.70. The number of carbonyl (C=O) groups excluding carboxylic acids is 1. The maximum atomic E-state index is 12.6. The second kappa shape index (κ2) is 9.03. The Bertz CT molecular complexity index is 821. The van der Waals surface area contributed by atoms with Gasteiger partial charge in [0.05, 0.1) is 6.54 Å².